The Bertz CT molecular complexity index is 1120. The first kappa shape index (κ1) is 23.5. The summed E-state index contributed by atoms with van der Waals surface area (Å²) in [5.74, 6) is -1.22. The highest BCUT2D eigenvalue weighted by molar-refractivity contribution is 5.95. The molecule has 1 aromatic heterocycles. The normalized spacial score (nSPS) is 26.0. The van der Waals surface area contributed by atoms with Gasteiger partial charge in [0, 0.05) is 31.1 Å². The fourth-order valence-corrected chi connectivity index (χ4v) is 4.72. The Kier molecular flexibility index (Phi) is 6.35. The first-order valence-corrected chi connectivity index (χ1v) is 11.5. The zero-order valence-corrected chi connectivity index (χ0v) is 18.8. The van der Waals surface area contributed by atoms with Gasteiger partial charge < -0.3 is 19.9 Å². The number of nitrogens with zero attached hydrogens (tertiary/aromatic N) is 3. The Morgan fingerprint density at radius 2 is 2.03 bits per heavy atom. The molecule has 5 rings (SSSR count). The second-order valence-corrected chi connectivity index (χ2v) is 9.10. The van der Waals surface area contributed by atoms with Crippen molar-refractivity contribution < 1.29 is 32.2 Å². The molecule has 1 saturated carbocycles. The van der Waals surface area contributed by atoms with E-state index in [2.05, 4.69) is 15.0 Å². The molecule has 2 fully saturated rings. The topological polar surface area (TPSA) is 109 Å². The van der Waals surface area contributed by atoms with Gasteiger partial charge in [0.25, 0.3) is 12.4 Å². The van der Waals surface area contributed by atoms with Gasteiger partial charge in [-0.05, 0) is 42.9 Å². The van der Waals surface area contributed by atoms with E-state index >= 15 is 0 Å². The van der Waals surface area contributed by atoms with Crippen LogP contribution < -0.4 is 10.5 Å². The number of rotatable bonds is 8. The van der Waals surface area contributed by atoms with E-state index in [9.17, 15) is 18.0 Å². The lowest BCUT2D eigenvalue weighted by Gasteiger charge is -2.33. The van der Waals surface area contributed by atoms with Crippen molar-refractivity contribution in [1.29, 1.82) is 0 Å². The van der Waals surface area contributed by atoms with E-state index in [0.29, 0.717) is 43.6 Å². The third-order valence-corrected chi connectivity index (χ3v) is 6.75. The van der Waals surface area contributed by atoms with Crippen molar-refractivity contribution in [2.24, 2.45) is 22.6 Å². The average molecular weight is 490 g/mol. The first-order chi connectivity index (χ1) is 16.9. The largest absolute Gasteiger partial charge is 0.476 e. The molecule has 0 bridgehead atoms. The Balaban J connectivity index is 1.30. The molecule has 1 aromatic carbocycles. The van der Waals surface area contributed by atoms with Gasteiger partial charge in [-0.1, -0.05) is 6.07 Å². The molecule has 0 radical (unpaired) electrons. The lowest BCUT2D eigenvalue weighted by atomic mass is 9.83. The van der Waals surface area contributed by atoms with Crippen LogP contribution >= 0.6 is 0 Å². The van der Waals surface area contributed by atoms with Gasteiger partial charge in [0.05, 0.1) is 19.0 Å². The quantitative estimate of drug-likeness (QED) is 0.567. The maximum Gasteiger partial charge on any atom is 0.283 e. The number of nitrogens with two attached hydrogens (primary N) is 1. The summed E-state index contributed by atoms with van der Waals surface area (Å²) in [6, 6.07) is 3.32. The van der Waals surface area contributed by atoms with Crippen molar-refractivity contribution in [3.05, 3.63) is 53.2 Å². The molecule has 0 unspecified atom stereocenters. The van der Waals surface area contributed by atoms with Crippen LogP contribution in [0, 0.1) is 17.7 Å². The standard InChI is InChI=1S/C24H25F3N4O4/c25-17-2-1-14(7-15(17)24(22(26)27)16-9-20(16)35-23(28)31-24)8-19(32)18-10-30-21(11-29-18)34-12-13-3-5-33-6-4-13/h1-2,7,10-11,13,16,20,22H,3-6,8-9,12H2,(H2,28,31)/t16-,20+,24+/m0/s1. The number of Topliss-reactive ketones (excluding diaryl/α,β-unsaturated/α-hetero) is 1. The lowest BCUT2D eigenvalue weighted by Crippen LogP contribution is -2.43. The minimum absolute atomic E-state index is 0.0912. The second kappa shape index (κ2) is 9.44. The molecule has 3 heterocycles. The maximum atomic E-state index is 14.8. The van der Waals surface area contributed by atoms with Gasteiger partial charge >= 0.3 is 0 Å². The molecular weight excluding hydrogens is 465 g/mol. The van der Waals surface area contributed by atoms with E-state index in [1.165, 1.54) is 24.5 Å². The molecule has 3 atom stereocenters. The molecule has 0 spiro atoms. The summed E-state index contributed by atoms with van der Waals surface area (Å²) in [7, 11) is 0. The molecule has 186 valence electrons. The van der Waals surface area contributed by atoms with Gasteiger partial charge in [0.15, 0.2) is 11.3 Å². The minimum Gasteiger partial charge on any atom is -0.476 e. The summed E-state index contributed by atoms with van der Waals surface area (Å²) in [4.78, 5) is 24.9. The fourth-order valence-electron chi connectivity index (χ4n) is 4.72. The molecule has 3 aliphatic rings. The minimum atomic E-state index is -3.00. The molecule has 2 aliphatic heterocycles. The third-order valence-electron chi connectivity index (χ3n) is 6.75. The van der Waals surface area contributed by atoms with E-state index in [1.807, 2.05) is 0 Å². The van der Waals surface area contributed by atoms with Crippen LogP contribution in [0.4, 0.5) is 13.2 Å². The van der Waals surface area contributed by atoms with Crippen LogP contribution in [0.15, 0.2) is 35.6 Å². The number of alkyl halides is 2. The molecule has 8 nitrogen and oxygen atoms in total. The van der Waals surface area contributed by atoms with Crippen molar-refractivity contribution in [1.82, 2.24) is 9.97 Å². The number of hydrogen-bond acceptors (Lipinski definition) is 8. The van der Waals surface area contributed by atoms with Crippen LogP contribution in [0.5, 0.6) is 5.88 Å². The maximum absolute atomic E-state index is 14.8. The van der Waals surface area contributed by atoms with Crippen molar-refractivity contribution in [2.45, 2.75) is 43.8 Å². The SMILES string of the molecule is NC1=N[C@@](c2cc(CC(=O)c3cnc(OCC4CCOCC4)cn3)ccc2F)(C(F)F)[C@H]2C[C@H]2O1. The number of amidine groups is 1. The van der Waals surface area contributed by atoms with E-state index in [0.717, 1.165) is 18.9 Å². The number of halogens is 3. The summed E-state index contributed by atoms with van der Waals surface area (Å²) >= 11 is 0. The van der Waals surface area contributed by atoms with Gasteiger partial charge in [-0.2, -0.15) is 0 Å². The molecule has 2 aromatic rings. The van der Waals surface area contributed by atoms with Gasteiger partial charge in [-0.25, -0.2) is 28.1 Å². The predicted octanol–water partition coefficient (Wildman–Crippen LogP) is 3.04. The summed E-state index contributed by atoms with van der Waals surface area (Å²) in [6.45, 7) is 1.92. The monoisotopic (exact) mass is 490 g/mol. The van der Waals surface area contributed by atoms with Gasteiger partial charge in [-0.3, -0.25) is 4.79 Å². The number of fused-ring (bicyclic) bond motifs is 1. The molecule has 0 amide bonds. The van der Waals surface area contributed by atoms with E-state index in [4.69, 9.17) is 19.9 Å². The summed E-state index contributed by atoms with van der Waals surface area (Å²) in [6.07, 6.45) is 1.13. The fraction of sp³-hybridized carbons (Fsp3) is 0.500. The van der Waals surface area contributed by atoms with Crippen molar-refractivity contribution in [3.8, 4) is 5.88 Å². The molecule has 35 heavy (non-hydrogen) atoms. The first-order valence-electron chi connectivity index (χ1n) is 11.5. The van der Waals surface area contributed by atoms with E-state index in [-0.39, 0.29) is 23.7 Å². The van der Waals surface area contributed by atoms with Crippen molar-refractivity contribution in [2.75, 3.05) is 19.8 Å². The van der Waals surface area contributed by atoms with Gasteiger partial charge in [0.1, 0.15) is 17.6 Å². The number of aliphatic imine (C=N–C) groups is 1. The molecular formula is C24H25F3N4O4. The number of benzene rings is 1. The second-order valence-electron chi connectivity index (χ2n) is 9.10. The van der Waals surface area contributed by atoms with Crippen LogP contribution in [0.2, 0.25) is 0 Å². The van der Waals surface area contributed by atoms with Crippen LogP contribution in [0.1, 0.15) is 40.9 Å². The van der Waals surface area contributed by atoms with Crippen LogP contribution in [0.3, 0.4) is 0 Å². The zero-order valence-electron chi connectivity index (χ0n) is 18.8. The van der Waals surface area contributed by atoms with Gasteiger partial charge in [-0.15, -0.1) is 0 Å². The highest BCUT2D eigenvalue weighted by Gasteiger charge is 2.64. The molecule has 1 aliphatic carbocycles. The predicted molar refractivity (Wildman–Crippen MR) is 118 cm³/mol. The van der Waals surface area contributed by atoms with Crippen molar-refractivity contribution >= 4 is 11.8 Å². The number of carbonyl (C=O) groups is 1. The molecule has 2 N–H and O–H groups in total. The van der Waals surface area contributed by atoms with Gasteiger partial charge in [0.2, 0.25) is 5.88 Å². The molecule has 1 saturated heterocycles. The summed E-state index contributed by atoms with van der Waals surface area (Å²) in [5, 5.41) is 0. The number of aromatic nitrogens is 2. The summed E-state index contributed by atoms with van der Waals surface area (Å²) < 4.78 is 59.6. The number of ether oxygens (including phenoxy) is 3. The van der Waals surface area contributed by atoms with Crippen LogP contribution in [0.25, 0.3) is 0 Å². The Hall–Kier alpha value is -3.21. The Morgan fingerprint density at radius 1 is 1.23 bits per heavy atom. The highest BCUT2D eigenvalue weighted by atomic mass is 19.3. The molecule has 11 heteroatoms. The zero-order chi connectivity index (χ0) is 24.6. The van der Waals surface area contributed by atoms with Crippen LogP contribution in [-0.2, 0) is 21.4 Å². The Morgan fingerprint density at radius 3 is 2.74 bits per heavy atom. The number of carbonyl (C=O) groups excluding carboxylic acids is 1. The number of ketones is 1. The Labute approximate surface area is 199 Å². The lowest BCUT2D eigenvalue weighted by molar-refractivity contribution is 0.0176. The van der Waals surface area contributed by atoms with Crippen molar-refractivity contribution in [3.63, 3.8) is 0 Å². The third kappa shape index (κ3) is 4.69. The highest BCUT2D eigenvalue weighted by Crippen LogP contribution is 2.56. The average Bonchev–Trinajstić information content (AvgIpc) is 3.64. The van der Waals surface area contributed by atoms with E-state index in [1.54, 1.807) is 0 Å². The summed E-state index contributed by atoms with van der Waals surface area (Å²) in [5.41, 5.74) is 3.62. The smallest absolute Gasteiger partial charge is 0.283 e. The van der Waals surface area contributed by atoms with E-state index < -0.39 is 35.6 Å². The van der Waals surface area contributed by atoms with Crippen LogP contribution in [-0.4, -0.2) is 54.1 Å². The number of hydrogen-bond donors (Lipinski definition) is 1.